The number of benzene rings is 1. The average molecular weight is 327 g/mol. The van der Waals surface area contributed by atoms with Crippen LogP contribution in [0.5, 0.6) is 0 Å². The van der Waals surface area contributed by atoms with E-state index in [9.17, 15) is 9.59 Å². The smallest absolute Gasteiger partial charge is 0.253 e. The van der Waals surface area contributed by atoms with Crippen molar-refractivity contribution in [2.75, 3.05) is 5.32 Å². The van der Waals surface area contributed by atoms with Crippen molar-refractivity contribution in [2.45, 2.75) is 45.6 Å². The molecule has 6 heteroatoms. The Balaban J connectivity index is 1.62. The first-order valence-corrected chi connectivity index (χ1v) is 8.16. The van der Waals surface area contributed by atoms with E-state index in [0.29, 0.717) is 24.1 Å². The largest absolute Gasteiger partial charge is 0.361 e. The van der Waals surface area contributed by atoms with Crippen LogP contribution in [0.1, 0.15) is 46.6 Å². The van der Waals surface area contributed by atoms with Crippen LogP contribution in [-0.2, 0) is 11.2 Å². The number of nitrogens with zero attached hydrogens (tertiary/aromatic N) is 1. The summed E-state index contributed by atoms with van der Waals surface area (Å²) < 4.78 is 5.10. The van der Waals surface area contributed by atoms with Crippen LogP contribution in [0.15, 0.2) is 28.8 Å². The summed E-state index contributed by atoms with van der Waals surface area (Å²) in [6, 6.07) is 7.34. The molecule has 0 aliphatic heterocycles. The Bertz CT molecular complexity index is 743. The maximum atomic E-state index is 12.2. The fraction of sp³-hybridized carbons (Fsp3) is 0.389. The fourth-order valence-corrected chi connectivity index (χ4v) is 2.59. The van der Waals surface area contributed by atoms with Crippen molar-refractivity contribution in [3.63, 3.8) is 0 Å². The molecule has 24 heavy (non-hydrogen) atoms. The molecule has 1 fully saturated rings. The third-order valence-corrected chi connectivity index (χ3v) is 4.14. The maximum Gasteiger partial charge on any atom is 0.253 e. The summed E-state index contributed by atoms with van der Waals surface area (Å²) >= 11 is 0. The lowest BCUT2D eigenvalue weighted by atomic mass is 10.1. The fourth-order valence-electron chi connectivity index (χ4n) is 2.59. The highest BCUT2D eigenvalue weighted by Gasteiger charge is 2.25. The van der Waals surface area contributed by atoms with Gasteiger partial charge in [0.25, 0.3) is 5.91 Å². The van der Waals surface area contributed by atoms with Crippen LogP contribution in [0, 0.1) is 13.8 Å². The molecule has 1 aliphatic rings. The van der Waals surface area contributed by atoms with Gasteiger partial charge in [0.1, 0.15) is 5.76 Å². The zero-order valence-electron chi connectivity index (χ0n) is 13.9. The van der Waals surface area contributed by atoms with Crippen LogP contribution in [0.25, 0.3) is 0 Å². The van der Waals surface area contributed by atoms with E-state index in [1.54, 1.807) is 24.3 Å². The number of rotatable bonds is 6. The lowest BCUT2D eigenvalue weighted by Gasteiger charge is -2.11. The van der Waals surface area contributed by atoms with Gasteiger partial charge in [0.2, 0.25) is 5.91 Å². The van der Waals surface area contributed by atoms with Gasteiger partial charge < -0.3 is 15.2 Å². The molecule has 6 nitrogen and oxygen atoms in total. The van der Waals surface area contributed by atoms with Gasteiger partial charge in [-0.2, -0.15) is 0 Å². The number of hydrogen-bond acceptors (Lipinski definition) is 4. The summed E-state index contributed by atoms with van der Waals surface area (Å²) in [6.45, 7) is 3.70. The summed E-state index contributed by atoms with van der Waals surface area (Å²) in [5, 5.41) is 9.67. The zero-order valence-corrected chi connectivity index (χ0v) is 13.9. The normalized spacial score (nSPS) is 13.6. The van der Waals surface area contributed by atoms with Gasteiger partial charge in [-0.25, -0.2) is 0 Å². The molecule has 0 saturated heterocycles. The predicted octanol–water partition coefficient (Wildman–Crippen LogP) is 2.75. The van der Waals surface area contributed by atoms with E-state index in [4.69, 9.17) is 4.52 Å². The molecule has 1 heterocycles. The SMILES string of the molecule is Cc1noc(C)c1CCC(=O)Nc1ccccc1C(=O)NC1CC1. The van der Waals surface area contributed by atoms with Gasteiger partial charge in [0, 0.05) is 18.0 Å². The molecular weight excluding hydrogens is 306 g/mol. The Labute approximate surface area is 140 Å². The molecule has 1 aromatic heterocycles. The van der Waals surface area contributed by atoms with Crippen molar-refractivity contribution < 1.29 is 14.1 Å². The second-order valence-electron chi connectivity index (χ2n) is 6.14. The quantitative estimate of drug-likeness (QED) is 0.854. The second kappa shape index (κ2) is 6.86. The van der Waals surface area contributed by atoms with Gasteiger partial charge in [0.15, 0.2) is 0 Å². The van der Waals surface area contributed by atoms with Gasteiger partial charge in [-0.1, -0.05) is 17.3 Å². The number of aromatic nitrogens is 1. The zero-order chi connectivity index (χ0) is 17.1. The first kappa shape index (κ1) is 16.2. The molecule has 0 radical (unpaired) electrons. The molecule has 126 valence electrons. The van der Waals surface area contributed by atoms with Crippen LogP contribution in [-0.4, -0.2) is 23.0 Å². The molecule has 2 N–H and O–H groups in total. The monoisotopic (exact) mass is 327 g/mol. The maximum absolute atomic E-state index is 12.2. The van der Waals surface area contributed by atoms with Crippen molar-refractivity contribution in [3.05, 3.63) is 46.8 Å². The number of nitrogens with one attached hydrogen (secondary N) is 2. The third kappa shape index (κ3) is 3.82. The van der Waals surface area contributed by atoms with Crippen LogP contribution < -0.4 is 10.6 Å². The Morgan fingerprint density at radius 2 is 2.00 bits per heavy atom. The summed E-state index contributed by atoms with van der Waals surface area (Å²) in [5.74, 6) is 0.463. The van der Waals surface area contributed by atoms with E-state index >= 15 is 0 Å². The van der Waals surface area contributed by atoms with Gasteiger partial charge in [-0.3, -0.25) is 9.59 Å². The van der Waals surface area contributed by atoms with Crippen LogP contribution in [0.3, 0.4) is 0 Å². The molecule has 3 rings (SSSR count). The Hall–Kier alpha value is -2.63. The van der Waals surface area contributed by atoms with Crippen molar-refractivity contribution in [1.82, 2.24) is 10.5 Å². The number of aryl methyl sites for hydroxylation is 2. The standard InChI is InChI=1S/C18H21N3O3/c1-11-14(12(2)24-21-11)9-10-17(22)20-16-6-4-3-5-15(16)18(23)19-13-7-8-13/h3-6,13H,7-10H2,1-2H3,(H,19,23)(H,20,22). The highest BCUT2D eigenvalue weighted by Crippen LogP contribution is 2.22. The molecule has 1 aromatic carbocycles. The first-order chi connectivity index (χ1) is 11.5. The van der Waals surface area contributed by atoms with Crippen LogP contribution >= 0.6 is 0 Å². The molecular formula is C18H21N3O3. The molecule has 2 aromatic rings. The topological polar surface area (TPSA) is 84.2 Å². The van der Waals surface area contributed by atoms with Gasteiger partial charge >= 0.3 is 0 Å². The molecule has 2 amide bonds. The summed E-state index contributed by atoms with van der Waals surface area (Å²) in [4.78, 5) is 24.5. The predicted molar refractivity (Wildman–Crippen MR) is 89.9 cm³/mol. The number of amides is 2. The van der Waals surface area contributed by atoms with Gasteiger partial charge in [-0.05, 0) is 45.2 Å². The van der Waals surface area contributed by atoms with Crippen molar-refractivity contribution in [3.8, 4) is 0 Å². The molecule has 0 bridgehead atoms. The van der Waals surface area contributed by atoms with E-state index in [1.807, 2.05) is 13.8 Å². The van der Waals surface area contributed by atoms with E-state index in [0.717, 1.165) is 29.9 Å². The Kier molecular flexibility index (Phi) is 4.64. The van der Waals surface area contributed by atoms with Crippen LogP contribution in [0.4, 0.5) is 5.69 Å². The Morgan fingerprint density at radius 1 is 1.25 bits per heavy atom. The molecule has 1 saturated carbocycles. The van der Waals surface area contributed by atoms with E-state index in [2.05, 4.69) is 15.8 Å². The van der Waals surface area contributed by atoms with Gasteiger partial charge in [0.05, 0.1) is 16.9 Å². The molecule has 0 unspecified atom stereocenters. The summed E-state index contributed by atoms with van der Waals surface area (Å²) in [7, 11) is 0. The second-order valence-corrected chi connectivity index (χ2v) is 6.14. The highest BCUT2D eigenvalue weighted by atomic mass is 16.5. The highest BCUT2D eigenvalue weighted by molar-refractivity contribution is 6.03. The third-order valence-electron chi connectivity index (χ3n) is 4.14. The first-order valence-electron chi connectivity index (χ1n) is 8.16. The molecule has 1 aliphatic carbocycles. The molecule has 0 spiro atoms. The van der Waals surface area contributed by atoms with E-state index in [-0.39, 0.29) is 17.9 Å². The van der Waals surface area contributed by atoms with Crippen LogP contribution in [0.2, 0.25) is 0 Å². The summed E-state index contributed by atoms with van der Waals surface area (Å²) in [5.41, 5.74) is 2.81. The lowest BCUT2D eigenvalue weighted by Crippen LogP contribution is -2.27. The van der Waals surface area contributed by atoms with Crippen molar-refractivity contribution >= 4 is 17.5 Å². The summed E-state index contributed by atoms with van der Waals surface area (Å²) in [6.07, 6.45) is 2.92. The minimum Gasteiger partial charge on any atom is -0.361 e. The van der Waals surface area contributed by atoms with Gasteiger partial charge in [-0.15, -0.1) is 0 Å². The van der Waals surface area contributed by atoms with Crippen molar-refractivity contribution in [1.29, 1.82) is 0 Å². The number of carbonyl (C=O) groups is 2. The number of carbonyl (C=O) groups excluding carboxylic acids is 2. The number of hydrogen-bond donors (Lipinski definition) is 2. The lowest BCUT2D eigenvalue weighted by molar-refractivity contribution is -0.116. The Morgan fingerprint density at radius 3 is 2.67 bits per heavy atom. The minimum atomic E-state index is -0.140. The van der Waals surface area contributed by atoms with E-state index in [1.165, 1.54) is 0 Å². The number of para-hydroxylation sites is 1. The van der Waals surface area contributed by atoms with E-state index < -0.39 is 0 Å². The molecule has 0 atom stereocenters. The van der Waals surface area contributed by atoms with Crippen molar-refractivity contribution in [2.24, 2.45) is 0 Å². The average Bonchev–Trinajstić information content (AvgIpc) is 3.31. The number of anilines is 1. The minimum absolute atomic E-state index is 0.137.